The topological polar surface area (TPSA) is 102 Å². The predicted molar refractivity (Wildman–Crippen MR) is 121 cm³/mol. The monoisotopic (exact) mass is 482 g/mol. The van der Waals surface area contributed by atoms with Gasteiger partial charge >= 0.3 is 0 Å². The molecule has 32 heavy (non-hydrogen) atoms. The first kappa shape index (κ1) is 24.3. The Bertz CT molecular complexity index is 1080. The number of nitrogens with one attached hydrogen (secondary N) is 2. The summed E-state index contributed by atoms with van der Waals surface area (Å²) in [5.41, 5.74) is 1.34. The number of hydrogen-bond acceptors (Lipinski definition) is 6. The summed E-state index contributed by atoms with van der Waals surface area (Å²) in [7, 11) is -2.43. The molecular weight excluding hydrogens is 455 g/mol. The van der Waals surface area contributed by atoms with Gasteiger partial charge in [0, 0.05) is 25.1 Å². The second kappa shape index (κ2) is 10.5. The number of rotatable bonds is 9. The number of benzene rings is 1. The summed E-state index contributed by atoms with van der Waals surface area (Å²) in [5, 5.41) is 4.49. The number of carbonyl (C=O) groups excluding carboxylic acids is 2. The molecule has 1 heterocycles. The second-order valence-electron chi connectivity index (χ2n) is 7.65. The average Bonchev–Trinajstić information content (AvgIpc) is 3.14. The highest BCUT2D eigenvalue weighted by Crippen LogP contribution is 2.38. The number of hydrogen-bond donors (Lipinski definition) is 2. The van der Waals surface area contributed by atoms with E-state index in [1.54, 1.807) is 7.11 Å². The number of thiophene rings is 1. The molecule has 2 amide bonds. The molecule has 1 atom stereocenters. The Hall–Kier alpha value is -2.30. The van der Waals surface area contributed by atoms with E-state index in [0.717, 1.165) is 60.4 Å². The van der Waals surface area contributed by atoms with Gasteiger partial charge < -0.3 is 15.4 Å². The molecule has 10 heteroatoms. The molecule has 174 valence electrons. The van der Waals surface area contributed by atoms with Gasteiger partial charge in [-0.15, -0.1) is 11.3 Å². The van der Waals surface area contributed by atoms with Crippen molar-refractivity contribution in [2.75, 3.05) is 25.6 Å². The van der Waals surface area contributed by atoms with Crippen LogP contribution in [0.1, 0.15) is 47.0 Å². The zero-order valence-electron chi connectivity index (χ0n) is 18.1. The molecule has 3 rings (SSSR count). The fourth-order valence-electron chi connectivity index (χ4n) is 3.58. The molecule has 2 aromatic rings. The number of fused-ring (bicyclic) bond motifs is 1. The molecule has 0 saturated carbocycles. The Kier molecular flexibility index (Phi) is 8.02. The maximum absolute atomic E-state index is 13.2. The van der Waals surface area contributed by atoms with E-state index in [2.05, 4.69) is 10.6 Å². The first-order valence-electron chi connectivity index (χ1n) is 10.5. The summed E-state index contributed by atoms with van der Waals surface area (Å²) in [4.78, 5) is 26.7. The van der Waals surface area contributed by atoms with Gasteiger partial charge in [0.1, 0.15) is 16.1 Å². The van der Waals surface area contributed by atoms with Gasteiger partial charge in [0.05, 0.1) is 10.5 Å². The lowest BCUT2D eigenvalue weighted by Gasteiger charge is -2.15. The highest BCUT2D eigenvalue weighted by Gasteiger charge is 2.32. The van der Waals surface area contributed by atoms with Crippen molar-refractivity contribution in [2.45, 2.75) is 49.2 Å². The number of amides is 2. The highest BCUT2D eigenvalue weighted by atomic mass is 32.2. The minimum absolute atomic E-state index is 0.136. The van der Waals surface area contributed by atoms with E-state index in [1.165, 1.54) is 18.3 Å². The zero-order chi connectivity index (χ0) is 23.3. The van der Waals surface area contributed by atoms with E-state index >= 15 is 0 Å². The molecule has 0 spiro atoms. The molecule has 0 fully saturated rings. The molecule has 7 nitrogen and oxygen atoms in total. The predicted octanol–water partition coefficient (Wildman–Crippen LogP) is 3.33. The van der Waals surface area contributed by atoms with Gasteiger partial charge in [0.2, 0.25) is 5.91 Å². The number of halogens is 1. The zero-order valence-corrected chi connectivity index (χ0v) is 19.7. The smallest absolute Gasteiger partial charge is 0.254 e. The third-order valence-electron chi connectivity index (χ3n) is 5.42. The minimum Gasteiger partial charge on any atom is -0.385 e. The maximum atomic E-state index is 13.2. The molecule has 1 unspecified atom stereocenters. The van der Waals surface area contributed by atoms with Crippen molar-refractivity contribution in [3.05, 3.63) is 46.1 Å². The number of anilines is 1. The van der Waals surface area contributed by atoms with Crippen LogP contribution in [0, 0.1) is 5.82 Å². The van der Waals surface area contributed by atoms with Crippen molar-refractivity contribution in [2.24, 2.45) is 0 Å². The van der Waals surface area contributed by atoms with Crippen LogP contribution in [-0.2, 0) is 32.2 Å². The van der Waals surface area contributed by atoms with Crippen LogP contribution in [0.2, 0.25) is 0 Å². The van der Waals surface area contributed by atoms with Crippen LogP contribution >= 0.6 is 11.3 Å². The Balaban J connectivity index is 1.82. The van der Waals surface area contributed by atoms with Crippen molar-refractivity contribution >= 4 is 38.0 Å². The number of carbonyl (C=O) groups is 2. The molecule has 0 saturated heterocycles. The molecule has 1 aromatic heterocycles. The van der Waals surface area contributed by atoms with Crippen molar-refractivity contribution in [3.8, 4) is 0 Å². The third-order valence-corrected chi connectivity index (χ3v) is 8.70. The minimum atomic E-state index is -4.02. The number of ether oxygens (including phenoxy) is 1. The van der Waals surface area contributed by atoms with Crippen molar-refractivity contribution in [1.29, 1.82) is 0 Å². The van der Waals surface area contributed by atoms with Crippen molar-refractivity contribution < 1.29 is 27.1 Å². The number of aryl methyl sites for hydroxylation is 1. The van der Waals surface area contributed by atoms with Gasteiger partial charge in [-0.25, -0.2) is 12.8 Å². The van der Waals surface area contributed by atoms with Crippen molar-refractivity contribution in [1.82, 2.24) is 5.32 Å². The lowest BCUT2D eigenvalue weighted by molar-refractivity contribution is -0.115. The van der Waals surface area contributed by atoms with Gasteiger partial charge in [0.15, 0.2) is 9.84 Å². The Morgan fingerprint density at radius 1 is 1.19 bits per heavy atom. The summed E-state index contributed by atoms with van der Waals surface area (Å²) >= 11 is 1.33. The molecule has 0 radical (unpaired) electrons. The summed E-state index contributed by atoms with van der Waals surface area (Å²) in [5.74, 6) is -1.59. The van der Waals surface area contributed by atoms with Gasteiger partial charge in [-0.3, -0.25) is 9.59 Å². The van der Waals surface area contributed by atoms with Crippen LogP contribution in [0.3, 0.4) is 0 Å². The van der Waals surface area contributed by atoms with Crippen LogP contribution in [0.4, 0.5) is 9.39 Å². The molecule has 0 bridgehead atoms. The summed E-state index contributed by atoms with van der Waals surface area (Å²) in [6.07, 6.45) is 4.18. The first-order chi connectivity index (χ1) is 15.3. The number of sulfone groups is 1. The lowest BCUT2D eigenvalue weighted by atomic mass is 9.95. The molecule has 1 aliphatic rings. The standard InChI is InChI=1S/C22H27FN2O5S2/c1-14(32(28,29)16-10-8-15(23)9-11-16)20(26)25-22-19(21(27)24-12-5-13-30-2)17-6-3-4-7-18(17)31-22/h8-11,14H,3-7,12-13H2,1-2H3,(H,24,27)(H,25,26). The fourth-order valence-corrected chi connectivity index (χ4v) is 6.14. The Labute approximate surface area is 191 Å². The van der Waals surface area contributed by atoms with E-state index in [0.29, 0.717) is 30.1 Å². The molecule has 2 N–H and O–H groups in total. The lowest BCUT2D eigenvalue weighted by Crippen LogP contribution is -2.33. The van der Waals surface area contributed by atoms with Gasteiger partial charge in [-0.2, -0.15) is 0 Å². The van der Waals surface area contributed by atoms with Crippen LogP contribution in [0.5, 0.6) is 0 Å². The third kappa shape index (κ3) is 5.36. The largest absolute Gasteiger partial charge is 0.385 e. The Morgan fingerprint density at radius 2 is 1.88 bits per heavy atom. The first-order valence-corrected chi connectivity index (χ1v) is 12.8. The van der Waals surface area contributed by atoms with E-state index in [-0.39, 0.29) is 10.8 Å². The van der Waals surface area contributed by atoms with E-state index in [9.17, 15) is 22.4 Å². The molecule has 0 aliphatic heterocycles. The van der Waals surface area contributed by atoms with E-state index in [1.807, 2.05) is 0 Å². The summed E-state index contributed by atoms with van der Waals surface area (Å²) in [6.45, 7) is 2.23. The number of methoxy groups -OCH3 is 1. The SMILES string of the molecule is COCCCNC(=O)c1c(NC(=O)C(C)S(=O)(=O)c2ccc(F)cc2)sc2c1CCCC2. The summed E-state index contributed by atoms with van der Waals surface area (Å²) in [6, 6.07) is 4.35. The fraction of sp³-hybridized carbons (Fsp3) is 0.455. The van der Waals surface area contributed by atoms with Gasteiger partial charge in [-0.1, -0.05) is 0 Å². The molecular formula is C22H27FN2O5S2. The molecule has 1 aliphatic carbocycles. The van der Waals surface area contributed by atoms with E-state index in [4.69, 9.17) is 4.74 Å². The van der Waals surface area contributed by atoms with E-state index < -0.39 is 26.8 Å². The highest BCUT2D eigenvalue weighted by molar-refractivity contribution is 7.92. The maximum Gasteiger partial charge on any atom is 0.254 e. The molecule has 1 aromatic carbocycles. The summed E-state index contributed by atoms with van der Waals surface area (Å²) < 4.78 is 43.8. The van der Waals surface area contributed by atoms with Gasteiger partial charge in [-0.05, 0) is 68.9 Å². The normalized spacial score (nSPS) is 14.5. The van der Waals surface area contributed by atoms with Crippen LogP contribution in [0.25, 0.3) is 0 Å². The quantitative estimate of drug-likeness (QED) is 0.422. The van der Waals surface area contributed by atoms with Crippen molar-refractivity contribution in [3.63, 3.8) is 0 Å². The van der Waals surface area contributed by atoms with Crippen LogP contribution < -0.4 is 10.6 Å². The Morgan fingerprint density at radius 3 is 2.56 bits per heavy atom. The van der Waals surface area contributed by atoms with Gasteiger partial charge in [0.25, 0.3) is 5.91 Å². The average molecular weight is 483 g/mol. The second-order valence-corrected chi connectivity index (χ2v) is 11.0. The van der Waals surface area contributed by atoms with Crippen LogP contribution in [0.15, 0.2) is 29.2 Å². The van der Waals surface area contributed by atoms with Crippen LogP contribution in [-0.4, -0.2) is 45.7 Å².